The Kier molecular flexibility index (Phi) is 6.31. The van der Waals surface area contributed by atoms with Crippen molar-refractivity contribution in [3.05, 3.63) is 0 Å². The standard InChI is InChI=1S/C16H32N2O/c1-12(16(3,4)5)11-17-13(2)15(19)18-14-9-7-6-8-10-14/h12-14,17H,6-11H2,1-5H3,(H,18,19). The van der Waals surface area contributed by atoms with E-state index in [1.807, 2.05) is 6.92 Å². The van der Waals surface area contributed by atoms with Crippen molar-refractivity contribution in [2.24, 2.45) is 11.3 Å². The molecule has 3 nitrogen and oxygen atoms in total. The first-order valence-corrected chi connectivity index (χ1v) is 7.84. The minimum Gasteiger partial charge on any atom is -0.352 e. The van der Waals surface area contributed by atoms with E-state index in [0.29, 0.717) is 12.0 Å². The van der Waals surface area contributed by atoms with E-state index in [-0.39, 0.29) is 17.4 Å². The third-order valence-corrected chi connectivity index (χ3v) is 4.55. The van der Waals surface area contributed by atoms with Crippen LogP contribution in [0.5, 0.6) is 0 Å². The van der Waals surface area contributed by atoms with Crippen molar-refractivity contribution in [3.8, 4) is 0 Å². The van der Waals surface area contributed by atoms with E-state index in [0.717, 1.165) is 19.4 Å². The fraction of sp³-hybridized carbons (Fsp3) is 0.938. The minimum absolute atomic E-state index is 0.0910. The summed E-state index contributed by atoms with van der Waals surface area (Å²) >= 11 is 0. The molecule has 0 aromatic rings. The van der Waals surface area contributed by atoms with Crippen molar-refractivity contribution in [2.75, 3.05) is 6.54 Å². The van der Waals surface area contributed by atoms with E-state index in [1.54, 1.807) is 0 Å². The maximum atomic E-state index is 12.1. The molecule has 0 heterocycles. The Balaban J connectivity index is 2.28. The van der Waals surface area contributed by atoms with E-state index in [4.69, 9.17) is 0 Å². The van der Waals surface area contributed by atoms with Gasteiger partial charge in [0.25, 0.3) is 0 Å². The predicted octanol–water partition coefficient (Wildman–Crippen LogP) is 3.10. The molecule has 2 atom stereocenters. The van der Waals surface area contributed by atoms with Gasteiger partial charge in [-0.3, -0.25) is 4.79 Å². The van der Waals surface area contributed by atoms with Gasteiger partial charge < -0.3 is 10.6 Å². The molecule has 2 unspecified atom stereocenters. The van der Waals surface area contributed by atoms with Gasteiger partial charge in [-0.1, -0.05) is 47.0 Å². The van der Waals surface area contributed by atoms with Crippen molar-refractivity contribution in [1.29, 1.82) is 0 Å². The molecule has 19 heavy (non-hydrogen) atoms. The van der Waals surface area contributed by atoms with E-state index in [2.05, 4.69) is 38.3 Å². The van der Waals surface area contributed by atoms with Crippen LogP contribution in [-0.2, 0) is 4.79 Å². The van der Waals surface area contributed by atoms with Crippen molar-refractivity contribution in [1.82, 2.24) is 10.6 Å². The zero-order valence-corrected chi connectivity index (χ0v) is 13.4. The summed E-state index contributed by atoms with van der Waals surface area (Å²) in [6.45, 7) is 11.8. The van der Waals surface area contributed by atoms with Crippen LogP contribution in [-0.4, -0.2) is 24.5 Å². The summed E-state index contributed by atoms with van der Waals surface area (Å²) in [4.78, 5) is 12.1. The molecule has 0 aromatic carbocycles. The predicted molar refractivity (Wildman–Crippen MR) is 81.1 cm³/mol. The van der Waals surface area contributed by atoms with Crippen LogP contribution in [0.4, 0.5) is 0 Å². The second kappa shape index (κ2) is 7.28. The van der Waals surface area contributed by atoms with Crippen molar-refractivity contribution in [3.63, 3.8) is 0 Å². The van der Waals surface area contributed by atoms with Crippen LogP contribution in [0.3, 0.4) is 0 Å². The lowest BCUT2D eigenvalue weighted by molar-refractivity contribution is -0.123. The second-order valence-electron chi connectivity index (χ2n) is 7.24. The van der Waals surface area contributed by atoms with Crippen LogP contribution >= 0.6 is 0 Å². The topological polar surface area (TPSA) is 41.1 Å². The monoisotopic (exact) mass is 268 g/mol. The van der Waals surface area contributed by atoms with Gasteiger partial charge in [-0.2, -0.15) is 0 Å². The van der Waals surface area contributed by atoms with Crippen LogP contribution in [0.2, 0.25) is 0 Å². The summed E-state index contributed by atoms with van der Waals surface area (Å²) in [5, 5.41) is 6.55. The highest BCUT2D eigenvalue weighted by atomic mass is 16.2. The summed E-state index contributed by atoms with van der Waals surface area (Å²) in [5.74, 6) is 0.713. The Morgan fingerprint density at radius 2 is 1.74 bits per heavy atom. The first kappa shape index (κ1) is 16.5. The van der Waals surface area contributed by atoms with Crippen LogP contribution in [0, 0.1) is 11.3 Å². The molecule has 1 rings (SSSR count). The largest absolute Gasteiger partial charge is 0.352 e. The van der Waals surface area contributed by atoms with E-state index in [1.165, 1.54) is 19.3 Å². The van der Waals surface area contributed by atoms with Gasteiger partial charge in [0.05, 0.1) is 6.04 Å². The van der Waals surface area contributed by atoms with Gasteiger partial charge in [-0.25, -0.2) is 0 Å². The normalized spacial score (nSPS) is 20.9. The average Bonchev–Trinajstić information content (AvgIpc) is 2.35. The van der Waals surface area contributed by atoms with Gasteiger partial charge in [0, 0.05) is 6.04 Å². The molecular weight excluding hydrogens is 236 g/mol. The first-order chi connectivity index (χ1) is 8.80. The lowest BCUT2D eigenvalue weighted by Gasteiger charge is -2.29. The number of nitrogens with one attached hydrogen (secondary N) is 2. The number of carbonyl (C=O) groups is 1. The van der Waals surface area contributed by atoms with Gasteiger partial charge in [-0.05, 0) is 37.6 Å². The first-order valence-electron chi connectivity index (χ1n) is 7.84. The van der Waals surface area contributed by atoms with Gasteiger partial charge in [0.1, 0.15) is 0 Å². The zero-order chi connectivity index (χ0) is 14.5. The molecule has 0 saturated heterocycles. The fourth-order valence-electron chi connectivity index (χ4n) is 2.33. The highest BCUT2D eigenvalue weighted by Gasteiger charge is 2.23. The molecule has 0 aliphatic heterocycles. The van der Waals surface area contributed by atoms with Crippen LogP contribution in [0.25, 0.3) is 0 Å². The van der Waals surface area contributed by atoms with Crippen LogP contribution < -0.4 is 10.6 Å². The number of rotatable bonds is 5. The van der Waals surface area contributed by atoms with Crippen molar-refractivity contribution >= 4 is 5.91 Å². The average molecular weight is 268 g/mol. The number of carbonyl (C=O) groups excluding carboxylic acids is 1. The lowest BCUT2D eigenvalue weighted by atomic mass is 9.82. The van der Waals surface area contributed by atoms with Crippen LogP contribution in [0.1, 0.15) is 66.7 Å². The summed E-state index contributed by atoms with van der Waals surface area (Å²) in [6.07, 6.45) is 6.14. The summed E-state index contributed by atoms with van der Waals surface area (Å²) in [5.41, 5.74) is 0.284. The number of hydrogen-bond acceptors (Lipinski definition) is 2. The van der Waals surface area contributed by atoms with Crippen molar-refractivity contribution < 1.29 is 4.79 Å². The third kappa shape index (κ3) is 5.94. The van der Waals surface area contributed by atoms with Gasteiger partial charge in [0.2, 0.25) is 5.91 Å². The van der Waals surface area contributed by atoms with Gasteiger partial charge in [0.15, 0.2) is 0 Å². The molecule has 1 saturated carbocycles. The highest BCUT2D eigenvalue weighted by molar-refractivity contribution is 5.81. The number of hydrogen-bond donors (Lipinski definition) is 2. The molecule has 112 valence electrons. The Morgan fingerprint density at radius 3 is 2.26 bits per heavy atom. The fourth-order valence-corrected chi connectivity index (χ4v) is 2.33. The molecule has 1 amide bonds. The number of amides is 1. The van der Waals surface area contributed by atoms with Crippen molar-refractivity contribution in [2.45, 2.75) is 78.8 Å². The molecule has 3 heteroatoms. The molecule has 0 radical (unpaired) electrons. The highest BCUT2D eigenvalue weighted by Crippen LogP contribution is 2.24. The lowest BCUT2D eigenvalue weighted by Crippen LogP contribution is -2.48. The van der Waals surface area contributed by atoms with Gasteiger partial charge in [-0.15, -0.1) is 0 Å². The molecule has 0 spiro atoms. The SMILES string of the molecule is CC(NCC(C)C(C)(C)C)C(=O)NC1CCCCC1. The summed E-state index contributed by atoms with van der Waals surface area (Å²) in [6, 6.07) is 0.317. The quantitative estimate of drug-likeness (QED) is 0.804. The van der Waals surface area contributed by atoms with E-state index < -0.39 is 0 Å². The second-order valence-corrected chi connectivity index (χ2v) is 7.24. The smallest absolute Gasteiger partial charge is 0.237 e. The molecule has 0 bridgehead atoms. The molecule has 1 fully saturated rings. The summed E-state index contributed by atoms with van der Waals surface area (Å²) < 4.78 is 0. The maximum absolute atomic E-state index is 12.1. The third-order valence-electron chi connectivity index (χ3n) is 4.55. The molecule has 1 aliphatic carbocycles. The Morgan fingerprint density at radius 1 is 1.16 bits per heavy atom. The summed E-state index contributed by atoms with van der Waals surface area (Å²) in [7, 11) is 0. The minimum atomic E-state index is -0.0910. The zero-order valence-electron chi connectivity index (χ0n) is 13.4. The van der Waals surface area contributed by atoms with E-state index >= 15 is 0 Å². The molecule has 0 aromatic heterocycles. The molecule has 1 aliphatic rings. The van der Waals surface area contributed by atoms with Crippen LogP contribution in [0.15, 0.2) is 0 Å². The Labute approximate surface area is 118 Å². The molecular formula is C16H32N2O. The molecule has 2 N–H and O–H groups in total. The van der Waals surface area contributed by atoms with E-state index in [9.17, 15) is 4.79 Å². The maximum Gasteiger partial charge on any atom is 0.237 e. The Hall–Kier alpha value is -0.570. The van der Waals surface area contributed by atoms with Gasteiger partial charge >= 0.3 is 0 Å². The Bertz CT molecular complexity index is 277.